The van der Waals surface area contributed by atoms with Gasteiger partial charge in [-0.05, 0) is 23.6 Å². The normalized spacial score (nSPS) is 11.2. The largest absolute Gasteiger partial charge is 0.495 e. The number of thiazole rings is 1. The van der Waals surface area contributed by atoms with Crippen LogP contribution >= 0.6 is 22.7 Å². The number of amides is 1. The zero-order valence-electron chi connectivity index (χ0n) is 15.5. The third-order valence-electron chi connectivity index (χ3n) is 4.63. The van der Waals surface area contributed by atoms with Gasteiger partial charge in [0.1, 0.15) is 21.9 Å². The maximum absolute atomic E-state index is 12.6. The Hall–Kier alpha value is -3.16. The van der Waals surface area contributed by atoms with Crippen LogP contribution in [0.15, 0.2) is 63.0 Å². The SMILES string of the molecule is COc1cc2c(cc1NC(=O)Cc1csc(-c3ccsc3)n1)oc1ccccc12. The van der Waals surface area contributed by atoms with Gasteiger partial charge in [-0.1, -0.05) is 18.2 Å². The van der Waals surface area contributed by atoms with Crippen LogP contribution in [0.25, 0.3) is 32.5 Å². The highest BCUT2D eigenvalue weighted by Gasteiger charge is 2.15. The fraction of sp³-hybridized carbons (Fsp3) is 0.0909. The number of methoxy groups -OCH3 is 1. The van der Waals surface area contributed by atoms with Crippen LogP contribution in [0.3, 0.4) is 0 Å². The maximum atomic E-state index is 12.6. The van der Waals surface area contributed by atoms with Gasteiger partial charge in [0.15, 0.2) is 0 Å². The Morgan fingerprint density at radius 1 is 1.14 bits per heavy atom. The number of nitrogens with one attached hydrogen (secondary N) is 1. The van der Waals surface area contributed by atoms with Crippen molar-refractivity contribution in [2.45, 2.75) is 6.42 Å². The van der Waals surface area contributed by atoms with Crippen LogP contribution in [0.2, 0.25) is 0 Å². The molecule has 0 aliphatic rings. The molecule has 5 aromatic rings. The van der Waals surface area contributed by atoms with Crippen LogP contribution in [-0.2, 0) is 11.2 Å². The van der Waals surface area contributed by atoms with Crippen LogP contribution < -0.4 is 10.1 Å². The Balaban J connectivity index is 1.40. The van der Waals surface area contributed by atoms with Crippen molar-refractivity contribution in [3.63, 3.8) is 0 Å². The molecule has 0 bridgehead atoms. The molecule has 5 nitrogen and oxygen atoms in total. The number of anilines is 1. The molecule has 0 saturated carbocycles. The second-order valence-corrected chi connectivity index (χ2v) is 8.17. The Morgan fingerprint density at radius 3 is 2.86 bits per heavy atom. The number of carbonyl (C=O) groups excluding carboxylic acids is 1. The van der Waals surface area contributed by atoms with Crippen LogP contribution in [0, 0.1) is 0 Å². The van der Waals surface area contributed by atoms with Gasteiger partial charge in [0.2, 0.25) is 5.91 Å². The number of rotatable bonds is 5. The summed E-state index contributed by atoms with van der Waals surface area (Å²) in [5.41, 5.74) is 3.92. The van der Waals surface area contributed by atoms with E-state index < -0.39 is 0 Å². The van der Waals surface area contributed by atoms with E-state index in [4.69, 9.17) is 9.15 Å². The van der Waals surface area contributed by atoms with Gasteiger partial charge in [-0.2, -0.15) is 11.3 Å². The molecule has 0 atom stereocenters. The average Bonchev–Trinajstić information content (AvgIpc) is 3.46. The summed E-state index contributed by atoms with van der Waals surface area (Å²) in [5.74, 6) is 0.440. The van der Waals surface area contributed by atoms with Crippen molar-refractivity contribution in [2.24, 2.45) is 0 Å². The van der Waals surface area contributed by atoms with Crippen molar-refractivity contribution < 1.29 is 13.9 Å². The zero-order valence-corrected chi connectivity index (χ0v) is 17.1. The Kier molecular flexibility index (Phi) is 4.54. The smallest absolute Gasteiger partial charge is 0.230 e. The lowest BCUT2D eigenvalue weighted by Gasteiger charge is -2.10. The predicted octanol–water partition coefficient (Wildman–Crippen LogP) is 5.96. The van der Waals surface area contributed by atoms with Gasteiger partial charge >= 0.3 is 0 Å². The molecular weight excluding hydrogens is 404 g/mol. The third-order valence-corrected chi connectivity index (χ3v) is 6.26. The van der Waals surface area contributed by atoms with Gasteiger partial charge in [0.05, 0.1) is 24.9 Å². The van der Waals surface area contributed by atoms with Gasteiger partial charge in [-0.3, -0.25) is 4.79 Å². The summed E-state index contributed by atoms with van der Waals surface area (Å²) in [6.45, 7) is 0. The number of hydrogen-bond donors (Lipinski definition) is 1. The molecule has 0 aliphatic heterocycles. The van der Waals surface area contributed by atoms with Gasteiger partial charge in [0.25, 0.3) is 0 Å². The highest BCUT2D eigenvalue weighted by molar-refractivity contribution is 7.14. The highest BCUT2D eigenvalue weighted by atomic mass is 32.1. The Labute approximate surface area is 174 Å². The quantitative estimate of drug-likeness (QED) is 0.381. The number of nitrogens with zero attached hydrogens (tertiary/aromatic N) is 1. The van der Waals surface area contributed by atoms with E-state index >= 15 is 0 Å². The van der Waals surface area contributed by atoms with E-state index in [0.717, 1.165) is 32.6 Å². The fourth-order valence-electron chi connectivity index (χ4n) is 3.28. The first-order valence-electron chi connectivity index (χ1n) is 8.97. The predicted molar refractivity (Wildman–Crippen MR) is 118 cm³/mol. The topological polar surface area (TPSA) is 64.4 Å². The second-order valence-electron chi connectivity index (χ2n) is 6.53. The van der Waals surface area contributed by atoms with Crippen LogP contribution in [0.5, 0.6) is 5.75 Å². The minimum Gasteiger partial charge on any atom is -0.495 e. The number of carbonyl (C=O) groups is 1. The number of hydrogen-bond acceptors (Lipinski definition) is 6. The van der Waals surface area contributed by atoms with E-state index in [0.29, 0.717) is 17.0 Å². The van der Waals surface area contributed by atoms with Crippen molar-refractivity contribution in [1.82, 2.24) is 4.98 Å². The first-order chi connectivity index (χ1) is 14.2. The molecule has 5 rings (SSSR count). The second kappa shape index (κ2) is 7.35. The number of aromatic nitrogens is 1. The molecular formula is C22H16N2O3S2. The monoisotopic (exact) mass is 420 g/mol. The summed E-state index contributed by atoms with van der Waals surface area (Å²) < 4.78 is 11.4. The molecule has 0 fully saturated rings. The van der Waals surface area contributed by atoms with Crippen molar-refractivity contribution in [3.8, 4) is 16.3 Å². The summed E-state index contributed by atoms with van der Waals surface area (Å²) in [6, 6.07) is 13.6. The summed E-state index contributed by atoms with van der Waals surface area (Å²) in [5, 5.41) is 11.8. The van der Waals surface area contributed by atoms with Gasteiger partial charge in [-0.25, -0.2) is 4.98 Å². The van der Waals surface area contributed by atoms with E-state index in [1.807, 2.05) is 53.2 Å². The number of benzene rings is 2. The molecule has 0 aliphatic carbocycles. The van der Waals surface area contributed by atoms with Gasteiger partial charge in [-0.15, -0.1) is 11.3 Å². The summed E-state index contributed by atoms with van der Waals surface area (Å²) in [7, 11) is 1.59. The third kappa shape index (κ3) is 3.39. The van der Waals surface area contributed by atoms with E-state index in [1.54, 1.807) is 29.8 Å². The molecule has 0 radical (unpaired) electrons. The van der Waals surface area contributed by atoms with E-state index in [-0.39, 0.29) is 12.3 Å². The van der Waals surface area contributed by atoms with Crippen molar-refractivity contribution in [1.29, 1.82) is 0 Å². The summed E-state index contributed by atoms with van der Waals surface area (Å²) in [6.07, 6.45) is 0.196. The molecule has 7 heteroatoms. The number of thiophene rings is 1. The lowest BCUT2D eigenvalue weighted by molar-refractivity contribution is -0.115. The molecule has 3 aromatic heterocycles. The van der Waals surface area contributed by atoms with E-state index in [2.05, 4.69) is 15.7 Å². The van der Waals surface area contributed by atoms with Crippen molar-refractivity contribution in [3.05, 3.63) is 64.3 Å². The number of para-hydroxylation sites is 1. The van der Waals surface area contributed by atoms with Gasteiger partial charge in [0, 0.05) is 33.2 Å². The highest BCUT2D eigenvalue weighted by Crippen LogP contribution is 2.36. The Morgan fingerprint density at radius 2 is 2.03 bits per heavy atom. The molecule has 0 spiro atoms. The summed E-state index contributed by atoms with van der Waals surface area (Å²) >= 11 is 3.17. The minimum absolute atomic E-state index is 0.152. The standard InChI is InChI=1S/C22H16N2O3S2/c1-26-20-9-16-15-4-2-3-5-18(15)27-19(16)10-17(20)24-21(25)8-14-12-29-22(23-14)13-6-7-28-11-13/h2-7,9-12H,8H2,1H3,(H,24,25). The molecule has 0 unspecified atom stereocenters. The zero-order chi connectivity index (χ0) is 19.8. The van der Waals surface area contributed by atoms with Crippen molar-refractivity contribution in [2.75, 3.05) is 12.4 Å². The molecule has 1 amide bonds. The summed E-state index contributed by atoms with van der Waals surface area (Å²) in [4.78, 5) is 17.2. The number of ether oxygens (including phenoxy) is 1. The first kappa shape index (κ1) is 17.9. The average molecular weight is 421 g/mol. The molecule has 3 heterocycles. The number of furan rings is 1. The van der Waals surface area contributed by atoms with E-state index in [1.165, 1.54) is 0 Å². The van der Waals surface area contributed by atoms with Gasteiger partial charge < -0.3 is 14.5 Å². The fourth-order valence-corrected chi connectivity index (χ4v) is 4.82. The molecule has 144 valence electrons. The molecule has 0 saturated heterocycles. The lowest BCUT2D eigenvalue weighted by atomic mass is 10.1. The molecule has 1 N–H and O–H groups in total. The first-order valence-corrected chi connectivity index (χ1v) is 10.8. The lowest BCUT2D eigenvalue weighted by Crippen LogP contribution is -2.15. The minimum atomic E-state index is -0.152. The van der Waals surface area contributed by atoms with Crippen LogP contribution in [0.4, 0.5) is 5.69 Å². The molecule has 29 heavy (non-hydrogen) atoms. The van der Waals surface area contributed by atoms with Crippen LogP contribution in [-0.4, -0.2) is 18.0 Å². The maximum Gasteiger partial charge on any atom is 0.230 e. The molecule has 2 aromatic carbocycles. The van der Waals surface area contributed by atoms with Crippen molar-refractivity contribution >= 4 is 56.2 Å². The number of fused-ring (bicyclic) bond motifs is 3. The Bertz CT molecular complexity index is 1320. The van der Waals surface area contributed by atoms with E-state index in [9.17, 15) is 4.79 Å². The van der Waals surface area contributed by atoms with Crippen LogP contribution in [0.1, 0.15) is 5.69 Å².